The molecule has 1 amide bonds. The Bertz CT molecular complexity index is 606. The van der Waals surface area contributed by atoms with Crippen molar-refractivity contribution < 1.29 is 4.79 Å². The van der Waals surface area contributed by atoms with Crippen LogP contribution in [0.2, 0.25) is 0 Å². The molecule has 0 unspecified atom stereocenters. The van der Waals surface area contributed by atoms with Crippen LogP contribution in [0.5, 0.6) is 0 Å². The highest BCUT2D eigenvalue weighted by Gasteiger charge is 2.21. The third-order valence-electron chi connectivity index (χ3n) is 3.54. The van der Waals surface area contributed by atoms with E-state index in [0.29, 0.717) is 11.3 Å². The highest BCUT2D eigenvalue weighted by molar-refractivity contribution is 5.99. The summed E-state index contributed by atoms with van der Waals surface area (Å²) in [4.78, 5) is 12.3. The van der Waals surface area contributed by atoms with Crippen molar-refractivity contribution in [2.24, 2.45) is 0 Å². The van der Waals surface area contributed by atoms with Crippen LogP contribution in [0.15, 0.2) is 54.6 Å². The summed E-state index contributed by atoms with van der Waals surface area (Å²) < 4.78 is 0. The number of rotatable bonds is 5. The van der Waals surface area contributed by atoms with Gasteiger partial charge in [0.2, 0.25) is 0 Å². The van der Waals surface area contributed by atoms with Crippen molar-refractivity contribution in [2.45, 2.75) is 32.2 Å². The van der Waals surface area contributed by atoms with Crippen molar-refractivity contribution >= 4 is 11.6 Å². The van der Waals surface area contributed by atoms with Gasteiger partial charge in [-0.05, 0) is 44.4 Å². The Balaban J connectivity index is 1.97. The molecular formula is C18H22N2O. The van der Waals surface area contributed by atoms with Gasteiger partial charge in [0.1, 0.15) is 0 Å². The first-order valence-electron chi connectivity index (χ1n) is 7.19. The number of anilines is 1. The van der Waals surface area contributed by atoms with Crippen molar-refractivity contribution in [1.82, 2.24) is 5.32 Å². The largest absolute Gasteiger partial charge is 0.398 e. The summed E-state index contributed by atoms with van der Waals surface area (Å²) in [6.07, 6.45) is 1.80. The van der Waals surface area contributed by atoms with Crippen molar-refractivity contribution in [2.75, 3.05) is 5.73 Å². The molecule has 2 rings (SSSR count). The molecule has 110 valence electrons. The first-order valence-corrected chi connectivity index (χ1v) is 7.19. The molecule has 0 heterocycles. The van der Waals surface area contributed by atoms with E-state index in [1.54, 1.807) is 12.1 Å². The third-order valence-corrected chi connectivity index (χ3v) is 3.54. The predicted molar refractivity (Wildman–Crippen MR) is 87.2 cm³/mol. The lowest BCUT2D eigenvalue weighted by molar-refractivity contribution is 0.0910. The fourth-order valence-electron chi connectivity index (χ4n) is 2.24. The molecule has 0 aliphatic heterocycles. The maximum Gasteiger partial charge on any atom is 0.253 e. The van der Waals surface area contributed by atoms with Gasteiger partial charge in [-0.25, -0.2) is 0 Å². The van der Waals surface area contributed by atoms with Gasteiger partial charge in [-0.1, -0.05) is 42.5 Å². The molecule has 2 aromatic carbocycles. The number of hydrogen-bond donors (Lipinski definition) is 2. The van der Waals surface area contributed by atoms with Crippen LogP contribution in [0.4, 0.5) is 5.69 Å². The van der Waals surface area contributed by atoms with Crippen LogP contribution in [0.25, 0.3) is 0 Å². The second kappa shape index (κ2) is 6.44. The molecule has 0 fully saturated rings. The summed E-state index contributed by atoms with van der Waals surface area (Å²) in [6.45, 7) is 4.07. The van der Waals surface area contributed by atoms with Crippen LogP contribution < -0.4 is 11.1 Å². The average molecular weight is 282 g/mol. The Morgan fingerprint density at radius 2 is 1.67 bits per heavy atom. The first kappa shape index (κ1) is 15.1. The summed E-state index contributed by atoms with van der Waals surface area (Å²) in [5, 5.41) is 3.06. The Morgan fingerprint density at radius 1 is 1.05 bits per heavy atom. The molecule has 0 saturated heterocycles. The summed E-state index contributed by atoms with van der Waals surface area (Å²) in [5.41, 5.74) is 7.88. The van der Waals surface area contributed by atoms with Crippen molar-refractivity contribution in [3.05, 3.63) is 65.7 Å². The van der Waals surface area contributed by atoms with E-state index in [-0.39, 0.29) is 11.4 Å². The quantitative estimate of drug-likeness (QED) is 0.826. The molecule has 0 bridgehead atoms. The Labute approximate surface area is 126 Å². The number of nitrogens with two attached hydrogens (primary N) is 1. The predicted octanol–water partition coefficient (Wildman–Crippen LogP) is 3.41. The molecule has 0 atom stereocenters. The van der Waals surface area contributed by atoms with Gasteiger partial charge in [0, 0.05) is 11.2 Å². The van der Waals surface area contributed by atoms with Gasteiger partial charge in [0.05, 0.1) is 5.56 Å². The number of aryl methyl sites for hydroxylation is 1. The molecule has 0 spiro atoms. The molecule has 3 nitrogen and oxygen atoms in total. The van der Waals surface area contributed by atoms with Crippen molar-refractivity contribution in [1.29, 1.82) is 0 Å². The number of nitrogen functional groups attached to an aromatic ring is 1. The second-order valence-corrected chi connectivity index (χ2v) is 5.91. The number of carbonyl (C=O) groups excluding carboxylic acids is 1. The smallest absolute Gasteiger partial charge is 0.253 e. The molecule has 0 saturated carbocycles. The molecular weight excluding hydrogens is 260 g/mol. The minimum Gasteiger partial charge on any atom is -0.398 e. The first-order chi connectivity index (χ1) is 9.98. The van der Waals surface area contributed by atoms with Crippen LogP contribution in [-0.4, -0.2) is 11.4 Å². The third kappa shape index (κ3) is 4.35. The van der Waals surface area contributed by atoms with E-state index in [9.17, 15) is 4.79 Å². The lowest BCUT2D eigenvalue weighted by Gasteiger charge is -2.26. The zero-order valence-corrected chi connectivity index (χ0v) is 12.6. The highest BCUT2D eigenvalue weighted by Crippen LogP contribution is 2.16. The van der Waals surface area contributed by atoms with Crippen LogP contribution in [0.3, 0.4) is 0 Å². The van der Waals surface area contributed by atoms with E-state index in [1.165, 1.54) is 5.56 Å². The number of hydrogen-bond acceptors (Lipinski definition) is 2. The summed E-state index contributed by atoms with van der Waals surface area (Å²) in [7, 11) is 0. The van der Waals surface area contributed by atoms with Gasteiger partial charge in [-0.3, -0.25) is 4.79 Å². The Kier molecular flexibility index (Phi) is 4.63. The van der Waals surface area contributed by atoms with Crippen LogP contribution in [-0.2, 0) is 6.42 Å². The normalized spacial score (nSPS) is 11.1. The molecule has 0 radical (unpaired) electrons. The monoisotopic (exact) mass is 282 g/mol. The molecule has 3 N–H and O–H groups in total. The van der Waals surface area contributed by atoms with Crippen molar-refractivity contribution in [3.8, 4) is 0 Å². The molecule has 0 aliphatic carbocycles. The van der Waals surface area contributed by atoms with Gasteiger partial charge in [0.25, 0.3) is 5.91 Å². The lowest BCUT2D eigenvalue weighted by Crippen LogP contribution is -2.43. The van der Waals surface area contributed by atoms with E-state index < -0.39 is 0 Å². The van der Waals surface area contributed by atoms with E-state index in [2.05, 4.69) is 17.4 Å². The summed E-state index contributed by atoms with van der Waals surface area (Å²) >= 11 is 0. The standard InChI is InChI=1S/C18H22N2O/c1-18(2,13-12-14-8-4-3-5-9-14)20-17(21)15-10-6-7-11-16(15)19/h3-11H,12-13,19H2,1-2H3,(H,20,21). The maximum atomic E-state index is 12.3. The molecule has 2 aromatic rings. The topological polar surface area (TPSA) is 55.1 Å². The zero-order chi connectivity index (χ0) is 15.3. The number of nitrogens with one attached hydrogen (secondary N) is 1. The van der Waals surface area contributed by atoms with E-state index in [0.717, 1.165) is 12.8 Å². The van der Waals surface area contributed by atoms with Gasteiger partial charge in [-0.15, -0.1) is 0 Å². The van der Waals surface area contributed by atoms with Crippen LogP contribution in [0.1, 0.15) is 36.2 Å². The maximum absolute atomic E-state index is 12.3. The van der Waals surface area contributed by atoms with E-state index in [1.807, 2.05) is 44.2 Å². The van der Waals surface area contributed by atoms with Crippen LogP contribution >= 0.6 is 0 Å². The molecule has 21 heavy (non-hydrogen) atoms. The summed E-state index contributed by atoms with van der Waals surface area (Å²) in [5.74, 6) is -0.119. The minimum atomic E-state index is -0.283. The fraction of sp³-hybridized carbons (Fsp3) is 0.278. The molecule has 0 aliphatic rings. The molecule has 3 heteroatoms. The number of carbonyl (C=O) groups is 1. The minimum absolute atomic E-state index is 0.119. The second-order valence-electron chi connectivity index (χ2n) is 5.91. The Morgan fingerprint density at radius 3 is 2.33 bits per heavy atom. The van der Waals surface area contributed by atoms with Gasteiger partial charge < -0.3 is 11.1 Å². The van der Waals surface area contributed by atoms with Gasteiger partial charge in [0.15, 0.2) is 0 Å². The highest BCUT2D eigenvalue weighted by atomic mass is 16.1. The van der Waals surface area contributed by atoms with Gasteiger partial charge in [-0.2, -0.15) is 0 Å². The van der Waals surface area contributed by atoms with Gasteiger partial charge >= 0.3 is 0 Å². The van der Waals surface area contributed by atoms with E-state index in [4.69, 9.17) is 5.73 Å². The molecule has 0 aromatic heterocycles. The lowest BCUT2D eigenvalue weighted by atomic mass is 9.94. The fourth-order valence-corrected chi connectivity index (χ4v) is 2.24. The van der Waals surface area contributed by atoms with Crippen molar-refractivity contribution in [3.63, 3.8) is 0 Å². The number of benzene rings is 2. The zero-order valence-electron chi connectivity index (χ0n) is 12.6. The average Bonchev–Trinajstić information content (AvgIpc) is 2.46. The Hall–Kier alpha value is -2.29. The van der Waals surface area contributed by atoms with E-state index >= 15 is 0 Å². The summed E-state index contributed by atoms with van der Waals surface area (Å²) in [6, 6.07) is 17.4. The van der Waals surface area contributed by atoms with Crippen LogP contribution in [0, 0.1) is 0 Å². The number of para-hydroxylation sites is 1. The SMILES string of the molecule is CC(C)(CCc1ccccc1)NC(=O)c1ccccc1N. The number of amides is 1.